The molecule has 1 unspecified atom stereocenters. The van der Waals surface area contributed by atoms with Crippen LogP contribution in [0.5, 0.6) is 5.75 Å². The van der Waals surface area contributed by atoms with Crippen molar-refractivity contribution in [2.75, 3.05) is 25.6 Å². The summed E-state index contributed by atoms with van der Waals surface area (Å²) in [5.74, 6) is -0.920. The van der Waals surface area contributed by atoms with Gasteiger partial charge in [0, 0.05) is 6.04 Å². The number of carboxylic acids is 1. The summed E-state index contributed by atoms with van der Waals surface area (Å²) in [6, 6.07) is 5.71. The van der Waals surface area contributed by atoms with Crippen LogP contribution in [0.15, 0.2) is 35.3 Å². The van der Waals surface area contributed by atoms with Gasteiger partial charge in [0.15, 0.2) is 6.10 Å². The molecule has 170 valence electrons. The number of anilines is 1. The van der Waals surface area contributed by atoms with Crippen molar-refractivity contribution < 1.29 is 37.7 Å². The fourth-order valence-corrected chi connectivity index (χ4v) is 2.62. The highest BCUT2D eigenvalue weighted by atomic mass is 19.4. The molecule has 0 aliphatic carbocycles. The molecule has 2 aromatic rings. The summed E-state index contributed by atoms with van der Waals surface area (Å²) in [5, 5.41) is 24.0. The van der Waals surface area contributed by atoms with E-state index in [2.05, 4.69) is 10.4 Å². The Kier molecular flexibility index (Phi) is 8.00. The third kappa shape index (κ3) is 6.69. The molecule has 0 fully saturated rings. The van der Waals surface area contributed by atoms with Crippen molar-refractivity contribution in [2.24, 2.45) is 0 Å². The molecule has 0 amide bonds. The van der Waals surface area contributed by atoms with Gasteiger partial charge >= 0.3 is 12.1 Å². The van der Waals surface area contributed by atoms with Gasteiger partial charge in [0.05, 0.1) is 38.8 Å². The van der Waals surface area contributed by atoms with Gasteiger partial charge < -0.3 is 25.0 Å². The predicted octanol–water partition coefficient (Wildman–Crippen LogP) is 1.58. The maximum atomic E-state index is 13.6. The maximum absolute atomic E-state index is 13.6. The van der Waals surface area contributed by atoms with E-state index in [-0.39, 0.29) is 13.2 Å². The van der Waals surface area contributed by atoms with E-state index < -0.39 is 47.7 Å². The highest BCUT2D eigenvalue weighted by Crippen LogP contribution is 2.32. The largest absolute Gasteiger partial charge is 0.497 e. The molecule has 1 aromatic heterocycles. The van der Waals surface area contributed by atoms with Crippen LogP contribution in [-0.4, -0.2) is 58.4 Å². The fraction of sp³-hybridized carbons (Fsp3) is 0.421. The summed E-state index contributed by atoms with van der Waals surface area (Å²) in [6.45, 7) is 0.555. The summed E-state index contributed by atoms with van der Waals surface area (Å²) < 4.78 is 51.5. The van der Waals surface area contributed by atoms with Gasteiger partial charge in [-0.25, -0.2) is 9.48 Å². The van der Waals surface area contributed by atoms with Crippen molar-refractivity contribution in [1.82, 2.24) is 9.78 Å². The molecule has 0 aliphatic heterocycles. The highest BCUT2D eigenvalue weighted by molar-refractivity contribution is 5.71. The van der Waals surface area contributed by atoms with E-state index in [1.807, 2.05) is 0 Å². The second-order valence-corrected chi connectivity index (χ2v) is 6.68. The van der Waals surface area contributed by atoms with Crippen LogP contribution in [0.2, 0.25) is 0 Å². The second-order valence-electron chi connectivity index (χ2n) is 6.68. The number of ether oxygens (including phenoxy) is 2. The van der Waals surface area contributed by atoms with Gasteiger partial charge in [0.25, 0.3) is 5.56 Å². The Morgan fingerprint density at radius 1 is 1.26 bits per heavy atom. The standard InChI is InChI=1S/C19H22F3N3O6/c1-11(9-31-10-15(26)18(28)29)24-14-7-23-25(17(27)16(14)19(20,21)22)8-12-3-5-13(30-2)6-4-12/h3-7,11,15,24,26H,8-10H2,1-2H3,(H,28,29)/t11-,15?/m0/s1. The SMILES string of the molecule is COc1ccc(Cn2ncc(N[C@@H](C)COCC(O)C(=O)O)c(C(F)(F)F)c2=O)cc1. The summed E-state index contributed by atoms with van der Waals surface area (Å²) in [5.41, 5.74) is -2.70. The van der Waals surface area contributed by atoms with Crippen LogP contribution in [0, 0.1) is 0 Å². The lowest BCUT2D eigenvalue weighted by molar-refractivity contribution is -0.150. The zero-order valence-corrected chi connectivity index (χ0v) is 16.7. The summed E-state index contributed by atoms with van der Waals surface area (Å²) >= 11 is 0. The van der Waals surface area contributed by atoms with Crippen LogP contribution in [0.3, 0.4) is 0 Å². The molecule has 0 bridgehead atoms. The van der Waals surface area contributed by atoms with Gasteiger partial charge in [-0.1, -0.05) is 12.1 Å². The summed E-state index contributed by atoms with van der Waals surface area (Å²) in [6.07, 6.45) is -5.79. The number of carboxylic acid groups (broad SMARTS) is 1. The fourth-order valence-electron chi connectivity index (χ4n) is 2.62. The molecule has 0 saturated carbocycles. The number of nitrogens with zero attached hydrogens (tertiary/aromatic N) is 2. The van der Waals surface area contributed by atoms with Crippen molar-refractivity contribution in [1.29, 1.82) is 0 Å². The Morgan fingerprint density at radius 2 is 1.90 bits per heavy atom. The maximum Gasteiger partial charge on any atom is 0.423 e. The Balaban J connectivity index is 2.19. The molecule has 1 aromatic carbocycles. The normalized spacial score (nSPS) is 13.5. The van der Waals surface area contributed by atoms with Gasteiger partial charge in [-0.2, -0.15) is 18.3 Å². The zero-order valence-electron chi connectivity index (χ0n) is 16.7. The first-order valence-electron chi connectivity index (χ1n) is 9.08. The summed E-state index contributed by atoms with van der Waals surface area (Å²) in [7, 11) is 1.47. The first kappa shape index (κ1) is 24.2. The lowest BCUT2D eigenvalue weighted by Crippen LogP contribution is -2.34. The minimum atomic E-state index is -4.94. The van der Waals surface area contributed by atoms with Crippen molar-refractivity contribution in [3.05, 3.63) is 51.9 Å². The number of aromatic nitrogens is 2. The molecular weight excluding hydrogens is 423 g/mol. The molecule has 9 nitrogen and oxygen atoms in total. The lowest BCUT2D eigenvalue weighted by Gasteiger charge is -2.20. The molecule has 0 saturated heterocycles. The number of aliphatic hydroxyl groups is 1. The van der Waals surface area contributed by atoms with E-state index >= 15 is 0 Å². The Morgan fingerprint density at radius 3 is 2.45 bits per heavy atom. The first-order valence-corrected chi connectivity index (χ1v) is 9.08. The third-order valence-electron chi connectivity index (χ3n) is 4.15. The topological polar surface area (TPSA) is 123 Å². The Hall–Kier alpha value is -3.12. The molecule has 0 spiro atoms. The zero-order chi connectivity index (χ0) is 23.2. The molecule has 3 N–H and O–H groups in total. The molecule has 2 rings (SSSR count). The number of halogens is 3. The van der Waals surface area contributed by atoms with E-state index in [0.717, 1.165) is 6.20 Å². The number of aliphatic hydroxyl groups excluding tert-OH is 1. The van der Waals surface area contributed by atoms with Crippen LogP contribution in [-0.2, 0) is 22.3 Å². The van der Waals surface area contributed by atoms with E-state index in [4.69, 9.17) is 19.7 Å². The van der Waals surface area contributed by atoms with E-state index in [9.17, 15) is 22.8 Å². The number of benzene rings is 1. The minimum Gasteiger partial charge on any atom is -0.497 e. The second kappa shape index (κ2) is 10.3. The molecule has 0 radical (unpaired) electrons. The average molecular weight is 445 g/mol. The van der Waals surface area contributed by atoms with Crippen LogP contribution in [0.1, 0.15) is 18.1 Å². The lowest BCUT2D eigenvalue weighted by atomic mass is 10.2. The number of rotatable bonds is 10. The predicted molar refractivity (Wildman–Crippen MR) is 103 cm³/mol. The number of aliphatic carboxylic acids is 1. The van der Waals surface area contributed by atoms with E-state index in [1.54, 1.807) is 24.3 Å². The monoisotopic (exact) mass is 445 g/mol. The molecule has 31 heavy (non-hydrogen) atoms. The average Bonchev–Trinajstić information content (AvgIpc) is 2.69. The van der Waals surface area contributed by atoms with E-state index in [0.29, 0.717) is 16.0 Å². The van der Waals surface area contributed by atoms with Crippen molar-refractivity contribution >= 4 is 11.7 Å². The molecule has 0 aliphatic rings. The number of nitrogens with one attached hydrogen (secondary N) is 1. The molecule has 2 atom stereocenters. The number of alkyl halides is 3. The Bertz CT molecular complexity index is 946. The molecular formula is C19H22F3N3O6. The quantitative estimate of drug-likeness (QED) is 0.504. The van der Waals surface area contributed by atoms with Gasteiger partial charge in [-0.3, -0.25) is 4.79 Å². The van der Waals surface area contributed by atoms with Crippen molar-refractivity contribution in [3.63, 3.8) is 0 Å². The molecule has 1 heterocycles. The van der Waals surface area contributed by atoms with Gasteiger partial charge in [0.2, 0.25) is 0 Å². The number of carbonyl (C=O) groups is 1. The van der Waals surface area contributed by atoms with Crippen LogP contribution in [0.4, 0.5) is 18.9 Å². The van der Waals surface area contributed by atoms with Crippen molar-refractivity contribution in [3.8, 4) is 5.75 Å². The van der Waals surface area contributed by atoms with Crippen LogP contribution in [0.25, 0.3) is 0 Å². The Labute approximate surface area is 175 Å². The minimum absolute atomic E-state index is 0.169. The smallest absolute Gasteiger partial charge is 0.423 e. The number of methoxy groups -OCH3 is 1. The van der Waals surface area contributed by atoms with Crippen LogP contribution < -0.4 is 15.6 Å². The van der Waals surface area contributed by atoms with E-state index in [1.165, 1.54) is 14.0 Å². The first-order chi connectivity index (χ1) is 14.5. The van der Waals surface area contributed by atoms with Gasteiger partial charge in [-0.15, -0.1) is 0 Å². The third-order valence-corrected chi connectivity index (χ3v) is 4.15. The number of hydrogen-bond donors (Lipinski definition) is 3. The summed E-state index contributed by atoms with van der Waals surface area (Å²) in [4.78, 5) is 23.0. The molecule has 12 heteroatoms. The van der Waals surface area contributed by atoms with Crippen LogP contribution >= 0.6 is 0 Å². The number of hydrogen-bond acceptors (Lipinski definition) is 7. The highest BCUT2D eigenvalue weighted by Gasteiger charge is 2.38. The van der Waals surface area contributed by atoms with Gasteiger partial charge in [0.1, 0.15) is 11.3 Å². The van der Waals surface area contributed by atoms with Gasteiger partial charge in [-0.05, 0) is 24.6 Å². The van der Waals surface area contributed by atoms with Crippen molar-refractivity contribution in [2.45, 2.75) is 31.8 Å².